The molecule has 0 heterocycles. The van der Waals surface area contributed by atoms with Crippen LogP contribution in [-0.2, 0) is 0 Å². The number of benzene rings is 1. The third-order valence-corrected chi connectivity index (χ3v) is 2.15. The van der Waals surface area contributed by atoms with Gasteiger partial charge in [-0.25, -0.2) is 0 Å². The number of nitro benzene ring substituents is 1. The summed E-state index contributed by atoms with van der Waals surface area (Å²) in [7, 11) is 0. The first-order valence-electron chi connectivity index (χ1n) is 3.91. The predicted molar refractivity (Wildman–Crippen MR) is 49.5 cm³/mol. The van der Waals surface area contributed by atoms with E-state index in [1.54, 1.807) is 0 Å². The molecule has 0 N–H and O–H groups in total. The van der Waals surface area contributed by atoms with Crippen molar-refractivity contribution < 1.29 is 22.8 Å². The Labute approximate surface area is 92.7 Å². The van der Waals surface area contributed by atoms with E-state index < -0.39 is 27.7 Å². The second-order valence-electron chi connectivity index (χ2n) is 2.85. The van der Waals surface area contributed by atoms with Crippen molar-refractivity contribution in [3.63, 3.8) is 0 Å². The van der Waals surface area contributed by atoms with Gasteiger partial charge in [-0.2, -0.15) is 0 Å². The third kappa shape index (κ3) is 2.75. The van der Waals surface area contributed by atoms with Gasteiger partial charge in [0.2, 0.25) is 5.75 Å². The Morgan fingerprint density at radius 3 is 2.44 bits per heavy atom. The summed E-state index contributed by atoms with van der Waals surface area (Å²) >= 11 is 5.52. The molecule has 4 nitrogen and oxygen atoms in total. The van der Waals surface area contributed by atoms with E-state index >= 15 is 0 Å². The Kier molecular flexibility index (Phi) is 3.27. The fraction of sp³-hybridized carbons (Fsp3) is 0.250. The summed E-state index contributed by atoms with van der Waals surface area (Å²) < 4.78 is 39.5. The topological polar surface area (TPSA) is 52.4 Å². The van der Waals surface area contributed by atoms with Crippen LogP contribution < -0.4 is 4.74 Å². The number of rotatable bonds is 2. The van der Waals surface area contributed by atoms with Crippen LogP contribution in [0.3, 0.4) is 0 Å². The molecule has 1 aromatic rings. The van der Waals surface area contributed by atoms with Gasteiger partial charge in [0.1, 0.15) is 0 Å². The summed E-state index contributed by atoms with van der Waals surface area (Å²) in [6.07, 6.45) is -5.03. The van der Waals surface area contributed by atoms with Gasteiger partial charge in [-0.3, -0.25) is 10.1 Å². The predicted octanol–water partition coefficient (Wildman–Crippen LogP) is 3.46. The SMILES string of the molecule is Cc1ccc([N+](=O)[O-])c(OC(F)(F)F)c1Cl. The van der Waals surface area contributed by atoms with Crippen molar-refractivity contribution in [2.45, 2.75) is 13.3 Å². The maximum Gasteiger partial charge on any atom is 0.573 e. The van der Waals surface area contributed by atoms with Crippen molar-refractivity contribution >= 4 is 17.3 Å². The van der Waals surface area contributed by atoms with Crippen LogP contribution in [-0.4, -0.2) is 11.3 Å². The minimum atomic E-state index is -5.03. The van der Waals surface area contributed by atoms with E-state index in [1.807, 2.05) is 0 Å². The van der Waals surface area contributed by atoms with E-state index in [0.717, 1.165) is 6.07 Å². The summed E-state index contributed by atoms with van der Waals surface area (Å²) in [5, 5.41) is 10.0. The lowest BCUT2D eigenvalue weighted by molar-refractivity contribution is -0.388. The Morgan fingerprint density at radius 1 is 1.44 bits per heavy atom. The highest BCUT2D eigenvalue weighted by Crippen LogP contribution is 2.39. The first kappa shape index (κ1) is 12.6. The molecule has 1 rings (SSSR count). The fourth-order valence-corrected chi connectivity index (χ4v) is 1.20. The molecule has 0 amide bonds. The van der Waals surface area contributed by atoms with Gasteiger partial charge < -0.3 is 4.74 Å². The molecule has 0 saturated carbocycles. The van der Waals surface area contributed by atoms with Crippen LogP contribution in [0.2, 0.25) is 5.02 Å². The maximum absolute atomic E-state index is 12.0. The van der Waals surface area contributed by atoms with Crippen molar-refractivity contribution in [1.82, 2.24) is 0 Å². The number of aryl methyl sites for hydroxylation is 1. The lowest BCUT2D eigenvalue weighted by Crippen LogP contribution is -2.18. The largest absolute Gasteiger partial charge is 0.573 e. The van der Waals surface area contributed by atoms with Gasteiger partial charge in [-0.1, -0.05) is 17.7 Å². The molecule has 16 heavy (non-hydrogen) atoms. The van der Waals surface area contributed by atoms with Crippen LogP contribution in [0, 0.1) is 17.0 Å². The third-order valence-electron chi connectivity index (χ3n) is 1.68. The fourth-order valence-electron chi connectivity index (χ4n) is 1.00. The molecule has 88 valence electrons. The quantitative estimate of drug-likeness (QED) is 0.601. The summed E-state index contributed by atoms with van der Waals surface area (Å²) in [5.74, 6) is -0.987. The molecule has 8 heteroatoms. The summed E-state index contributed by atoms with van der Waals surface area (Å²) in [6, 6.07) is 2.14. The number of nitro groups is 1. The molecule has 0 aliphatic carbocycles. The molecule has 0 spiro atoms. The van der Waals surface area contributed by atoms with Gasteiger partial charge in [-0.15, -0.1) is 13.2 Å². The lowest BCUT2D eigenvalue weighted by atomic mass is 10.2. The molecule has 0 unspecified atom stereocenters. The number of nitrogens with zero attached hydrogens (tertiary/aromatic N) is 1. The first-order valence-corrected chi connectivity index (χ1v) is 4.29. The second kappa shape index (κ2) is 4.17. The van der Waals surface area contributed by atoms with Crippen LogP contribution in [0.4, 0.5) is 18.9 Å². The van der Waals surface area contributed by atoms with Crippen LogP contribution in [0.25, 0.3) is 0 Å². The van der Waals surface area contributed by atoms with Gasteiger partial charge in [0.05, 0.1) is 9.95 Å². The molecule has 0 bridgehead atoms. The van der Waals surface area contributed by atoms with Gasteiger partial charge in [0, 0.05) is 6.07 Å². The molecule has 0 fully saturated rings. The van der Waals surface area contributed by atoms with Gasteiger partial charge >= 0.3 is 12.0 Å². The maximum atomic E-state index is 12.0. The molecule has 0 aliphatic heterocycles. The zero-order chi connectivity index (χ0) is 12.5. The highest BCUT2D eigenvalue weighted by molar-refractivity contribution is 6.33. The number of hydrogen-bond donors (Lipinski definition) is 0. The standard InChI is InChI=1S/C8H5ClF3NO3/c1-4-2-3-5(13(14)15)7(6(4)9)16-8(10,11)12/h2-3H,1H3. The highest BCUT2D eigenvalue weighted by Gasteiger charge is 2.36. The smallest absolute Gasteiger partial charge is 0.397 e. The lowest BCUT2D eigenvalue weighted by Gasteiger charge is -2.11. The van der Waals surface area contributed by atoms with Gasteiger partial charge in [0.25, 0.3) is 0 Å². The Hall–Kier alpha value is -1.50. The van der Waals surface area contributed by atoms with Crippen LogP contribution in [0.5, 0.6) is 5.75 Å². The Bertz CT molecular complexity index is 433. The monoisotopic (exact) mass is 255 g/mol. The molecule has 0 aromatic heterocycles. The Balaban J connectivity index is 3.32. The molecular weight excluding hydrogens is 251 g/mol. The number of alkyl halides is 3. The molecule has 0 saturated heterocycles. The summed E-state index contributed by atoms with van der Waals surface area (Å²) in [4.78, 5) is 9.48. The average molecular weight is 256 g/mol. The van der Waals surface area contributed by atoms with Gasteiger partial charge in [0.15, 0.2) is 0 Å². The second-order valence-corrected chi connectivity index (χ2v) is 3.23. The zero-order valence-electron chi connectivity index (χ0n) is 7.84. The van der Waals surface area contributed by atoms with E-state index in [-0.39, 0.29) is 5.56 Å². The van der Waals surface area contributed by atoms with Crippen molar-refractivity contribution in [2.24, 2.45) is 0 Å². The molecule has 0 aliphatic rings. The molecule has 0 radical (unpaired) electrons. The number of hydrogen-bond acceptors (Lipinski definition) is 3. The highest BCUT2D eigenvalue weighted by atomic mass is 35.5. The minimum absolute atomic E-state index is 0.256. The minimum Gasteiger partial charge on any atom is -0.397 e. The molecular formula is C8H5ClF3NO3. The molecule has 0 atom stereocenters. The van der Waals surface area contributed by atoms with E-state index in [0.29, 0.717) is 0 Å². The summed E-state index contributed by atoms with van der Waals surface area (Å²) in [6.45, 7) is 1.41. The Morgan fingerprint density at radius 2 is 2.00 bits per heavy atom. The van der Waals surface area contributed by atoms with Crippen molar-refractivity contribution in [3.8, 4) is 5.75 Å². The average Bonchev–Trinajstić information content (AvgIpc) is 2.10. The number of halogens is 4. The normalized spacial score (nSPS) is 11.3. The summed E-state index contributed by atoms with van der Waals surface area (Å²) in [5.41, 5.74) is -0.570. The van der Waals surface area contributed by atoms with Crippen molar-refractivity contribution in [1.29, 1.82) is 0 Å². The van der Waals surface area contributed by atoms with E-state index in [1.165, 1.54) is 13.0 Å². The number of ether oxygens (including phenoxy) is 1. The van der Waals surface area contributed by atoms with Crippen LogP contribution in [0.1, 0.15) is 5.56 Å². The van der Waals surface area contributed by atoms with Crippen molar-refractivity contribution in [3.05, 3.63) is 32.8 Å². The van der Waals surface area contributed by atoms with Gasteiger partial charge in [-0.05, 0) is 12.5 Å². The van der Waals surface area contributed by atoms with E-state index in [2.05, 4.69) is 4.74 Å². The first-order chi connectivity index (χ1) is 7.22. The van der Waals surface area contributed by atoms with Crippen LogP contribution >= 0.6 is 11.6 Å². The van der Waals surface area contributed by atoms with E-state index in [9.17, 15) is 23.3 Å². The van der Waals surface area contributed by atoms with E-state index in [4.69, 9.17) is 11.6 Å². The molecule has 1 aromatic carbocycles. The zero-order valence-corrected chi connectivity index (χ0v) is 8.59. The van der Waals surface area contributed by atoms with Crippen LogP contribution in [0.15, 0.2) is 12.1 Å². The van der Waals surface area contributed by atoms with Crippen molar-refractivity contribution in [2.75, 3.05) is 0 Å².